The summed E-state index contributed by atoms with van der Waals surface area (Å²) in [7, 11) is 1.39. The molecule has 0 spiro atoms. The molecule has 1 aliphatic rings. The lowest BCUT2D eigenvalue weighted by molar-refractivity contribution is -0.164. The number of hydrogen-bond acceptors (Lipinski definition) is 4. The zero-order valence-electron chi connectivity index (χ0n) is 7.75. The lowest BCUT2D eigenvalue weighted by Crippen LogP contribution is -2.21. The van der Waals surface area contributed by atoms with E-state index in [0.717, 1.165) is 25.7 Å². The highest BCUT2D eigenvalue weighted by molar-refractivity contribution is 5.87. The third-order valence-corrected chi connectivity index (χ3v) is 2.17. The monoisotopic (exact) mass is 186 g/mol. The summed E-state index contributed by atoms with van der Waals surface area (Å²) in [5.74, 6) is -1.06. The fraction of sp³-hybridized carbons (Fsp3) is 0.778. The van der Waals surface area contributed by atoms with Crippen molar-refractivity contribution < 1.29 is 19.1 Å². The Balaban J connectivity index is 2.27. The van der Waals surface area contributed by atoms with E-state index in [1.54, 1.807) is 0 Å². The second-order valence-corrected chi connectivity index (χ2v) is 3.21. The third kappa shape index (κ3) is 3.14. The highest BCUT2D eigenvalue weighted by atomic mass is 16.6. The highest BCUT2D eigenvalue weighted by Crippen LogP contribution is 2.25. The third-order valence-electron chi connectivity index (χ3n) is 2.17. The van der Waals surface area contributed by atoms with Crippen LogP contribution in [-0.4, -0.2) is 25.7 Å². The second-order valence-electron chi connectivity index (χ2n) is 3.21. The first-order valence-corrected chi connectivity index (χ1v) is 4.47. The van der Waals surface area contributed by atoms with E-state index < -0.39 is 5.97 Å². The fourth-order valence-corrected chi connectivity index (χ4v) is 1.50. The molecule has 0 saturated heterocycles. The van der Waals surface area contributed by atoms with Crippen LogP contribution in [0.15, 0.2) is 0 Å². The minimum atomic E-state index is -0.598. The van der Waals surface area contributed by atoms with Gasteiger partial charge in [-0.05, 0) is 12.8 Å². The van der Waals surface area contributed by atoms with Crippen molar-refractivity contribution in [1.82, 2.24) is 0 Å². The van der Waals surface area contributed by atoms with Crippen LogP contribution in [0.2, 0.25) is 0 Å². The first-order valence-electron chi connectivity index (χ1n) is 4.47. The summed E-state index contributed by atoms with van der Waals surface area (Å²) in [5.41, 5.74) is 0. The van der Waals surface area contributed by atoms with Crippen LogP contribution in [-0.2, 0) is 19.1 Å². The Kier molecular flexibility index (Phi) is 3.89. The molecule has 0 heterocycles. The largest absolute Gasteiger partial charge is 0.391 e. The van der Waals surface area contributed by atoms with Crippen LogP contribution in [0, 0.1) is 5.92 Å². The van der Waals surface area contributed by atoms with E-state index in [9.17, 15) is 9.59 Å². The van der Waals surface area contributed by atoms with Crippen molar-refractivity contribution in [3.8, 4) is 0 Å². The van der Waals surface area contributed by atoms with Crippen molar-refractivity contribution in [3.63, 3.8) is 0 Å². The summed E-state index contributed by atoms with van der Waals surface area (Å²) in [6.07, 6.45) is 3.80. The quantitative estimate of drug-likeness (QED) is 0.485. The van der Waals surface area contributed by atoms with Crippen LogP contribution in [0.5, 0.6) is 0 Å². The number of carbonyl (C=O) groups excluding carboxylic acids is 2. The predicted octanol–water partition coefficient (Wildman–Crippen LogP) is 0.893. The van der Waals surface area contributed by atoms with Crippen molar-refractivity contribution in [2.24, 2.45) is 5.92 Å². The van der Waals surface area contributed by atoms with Crippen LogP contribution in [0.1, 0.15) is 25.7 Å². The van der Waals surface area contributed by atoms with E-state index in [0.29, 0.717) is 0 Å². The second kappa shape index (κ2) is 4.97. The fourth-order valence-electron chi connectivity index (χ4n) is 1.50. The standard InChI is InChI=1S/C9H14O4/c1-12-6-8(10)13-9(11)7-4-2-3-5-7/h7H,2-6H2,1H3. The molecule has 74 valence electrons. The minimum Gasteiger partial charge on any atom is -0.391 e. The number of ether oxygens (including phenoxy) is 2. The Labute approximate surface area is 77.2 Å². The molecular formula is C9H14O4. The van der Waals surface area contributed by atoms with Crippen molar-refractivity contribution in [3.05, 3.63) is 0 Å². The number of hydrogen-bond donors (Lipinski definition) is 0. The molecular weight excluding hydrogens is 172 g/mol. The zero-order chi connectivity index (χ0) is 9.68. The SMILES string of the molecule is COCC(=O)OC(=O)C1CCCC1. The molecule has 13 heavy (non-hydrogen) atoms. The molecule has 0 N–H and O–H groups in total. The molecule has 4 heteroatoms. The van der Waals surface area contributed by atoms with Crippen LogP contribution < -0.4 is 0 Å². The van der Waals surface area contributed by atoms with Crippen LogP contribution in [0.4, 0.5) is 0 Å². The summed E-state index contributed by atoms with van der Waals surface area (Å²) in [6.45, 7) is -0.154. The molecule has 1 fully saturated rings. The van der Waals surface area contributed by atoms with Gasteiger partial charge < -0.3 is 9.47 Å². The van der Waals surface area contributed by atoms with Gasteiger partial charge >= 0.3 is 11.9 Å². The Morgan fingerprint density at radius 2 is 1.92 bits per heavy atom. The van der Waals surface area contributed by atoms with E-state index in [4.69, 9.17) is 0 Å². The zero-order valence-corrected chi connectivity index (χ0v) is 7.75. The number of esters is 2. The van der Waals surface area contributed by atoms with Crippen molar-refractivity contribution >= 4 is 11.9 Å². The molecule has 0 unspecified atom stereocenters. The Morgan fingerprint density at radius 3 is 2.46 bits per heavy atom. The van der Waals surface area contributed by atoms with Gasteiger partial charge in [0.1, 0.15) is 6.61 Å². The molecule has 0 atom stereocenters. The van der Waals surface area contributed by atoms with Crippen molar-refractivity contribution in [2.75, 3.05) is 13.7 Å². The summed E-state index contributed by atoms with van der Waals surface area (Å²) < 4.78 is 9.11. The van der Waals surface area contributed by atoms with E-state index >= 15 is 0 Å². The molecule has 0 aromatic rings. The summed E-state index contributed by atoms with van der Waals surface area (Å²) >= 11 is 0. The lowest BCUT2D eigenvalue weighted by atomic mass is 10.1. The number of carbonyl (C=O) groups is 2. The van der Waals surface area contributed by atoms with Gasteiger partial charge in [-0.3, -0.25) is 4.79 Å². The van der Waals surface area contributed by atoms with Gasteiger partial charge in [0.2, 0.25) is 0 Å². The molecule has 0 aromatic carbocycles. The first-order chi connectivity index (χ1) is 6.24. The van der Waals surface area contributed by atoms with Crippen molar-refractivity contribution in [1.29, 1.82) is 0 Å². The van der Waals surface area contributed by atoms with E-state index in [1.165, 1.54) is 7.11 Å². The normalized spacial score (nSPS) is 17.3. The average molecular weight is 186 g/mol. The Bertz CT molecular complexity index is 194. The van der Waals surface area contributed by atoms with Crippen molar-refractivity contribution in [2.45, 2.75) is 25.7 Å². The Morgan fingerprint density at radius 1 is 1.31 bits per heavy atom. The summed E-state index contributed by atoms with van der Waals surface area (Å²) in [4.78, 5) is 22.1. The van der Waals surface area contributed by atoms with Gasteiger partial charge in [0, 0.05) is 7.11 Å². The molecule has 1 aliphatic carbocycles. The van der Waals surface area contributed by atoms with Gasteiger partial charge in [-0.2, -0.15) is 0 Å². The van der Waals surface area contributed by atoms with Crippen LogP contribution >= 0.6 is 0 Å². The van der Waals surface area contributed by atoms with Gasteiger partial charge in [0.25, 0.3) is 0 Å². The van der Waals surface area contributed by atoms with E-state index in [1.807, 2.05) is 0 Å². The topological polar surface area (TPSA) is 52.6 Å². The van der Waals surface area contributed by atoms with Gasteiger partial charge in [0.15, 0.2) is 0 Å². The van der Waals surface area contributed by atoms with Crippen LogP contribution in [0.25, 0.3) is 0 Å². The van der Waals surface area contributed by atoms with Gasteiger partial charge in [0.05, 0.1) is 5.92 Å². The molecule has 1 rings (SSSR count). The molecule has 4 nitrogen and oxygen atoms in total. The van der Waals surface area contributed by atoms with E-state index in [-0.39, 0.29) is 18.5 Å². The van der Waals surface area contributed by atoms with Gasteiger partial charge in [-0.1, -0.05) is 12.8 Å². The van der Waals surface area contributed by atoms with E-state index in [2.05, 4.69) is 9.47 Å². The Hall–Kier alpha value is -0.900. The molecule has 0 aliphatic heterocycles. The first kappa shape index (κ1) is 10.2. The molecule has 1 saturated carbocycles. The molecule has 0 aromatic heterocycles. The average Bonchev–Trinajstić information content (AvgIpc) is 2.55. The lowest BCUT2D eigenvalue weighted by Gasteiger charge is -2.06. The van der Waals surface area contributed by atoms with Gasteiger partial charge in [-0.15, -0.1) is 0 Å². The molecule has 0 bridgehead atoms. The maximum Gasteiger partial charge on any atom is 0.339 e. The summed E-state index contributed by atoms with van der Waals surface area (Å²) in [6, 6.07) is 0. The maximum absolute atomic E-state index is 11.2. The predicted molar refractivity (Wildman–Crippen MR) is 44.9 cm³/mol. The number of methoxy groups -OCH3 is 1. The van der Waals surface area contributed by atoms with Crippen LogP contribution in [0.3, 0.4) is 0 Å². The molecule has 0 amide bonds. The highest BCUT2D eigenvalue weighted by Gasteiger charge is 2.25. The summed E-state index contributed by atoms with van der Waals surface area (Å²) in [5, 5.41) is 0. The number of rotatable bonds is 3. The van der Waals surface area contributed by atoms with Gasteiger partial charge in [-0.25, -0.2) is 4.79 Å². The minimum absolute atomic E-state index is 0.0687. The smallest absolute Gasteiger partial charge is 0.339 e. The molecule has 0 radical (unpaired) electrons. The maximum atomic E-state index is 11.2.